The van der Waals surface area contributed by atoms with Crippen LogP contribution in [0, 0.1) is 3.57 Å². The van der Waals surface area contributed by atoms with E-state index in [1.807, 2.05) is 12.1 Å². The SMILES string of the molecule is Nc1c(I)cccc1C(=O)NC1CC1. The minimum Gasteiger partial charge on any atom is -0.397 e. The van der Waals surface area contributed by atoms with Gasteiger partial charge < -0.3 is 11.1 Å². The average Bonchev–Trinajstić information content (AvgIpc) is 2.93. The van der Waals surface area contributed by atoms with Crippen molar-refractivity contribution in [1.29, 1.82) is 0 Å². The van der Waals surface area contributed by atoms with Gasteiger partial charge in [0, 0.05) is 9.61 Å². The van der Waals surface area contributed by atoms with Crippen LogP contribution in [0.25, 0.3) is 0 Å². The monoisotopic (exact) mass is 302 g/mol. The molecule has 1 aromatic rings. The summed E-state index contributed by atoms with van der Waals surface area (Å²) in [5.41, 5.74) is 6.97. The van der Waals surface area contributed by atoms with Crippen LogP contribution in [0.4, 0.5) is 5.69 Å². The summed E-state index contributed by atoms with van der Waals surface area (Å²) in [6, 6.07) is 5.87. The number of nitrogen functional groups attached to an aromatic ring is 1. The molecule has 1 aliphatic carbocycles. The Bertz CT molecular complexity index is 374. The van der Waals surface area contributed by atoms with Gasteiger partial charge in [-0.15, -0.1) is 0 Å². The molecule has 4 heteroatoms. The third-order valence-corrected chi connectivity index (χ3v) is 3.15. The number of hydrogen-bond donors (Lipinski definition) is 2. The number of anilines is 1. The topological polar surface area (TPSA) is 55.1 Å². The highest BCUT2D eigenvalue weighted by Gasteiger charge is 2.24. The summed E-state index contributed by atoms with van der Waals surface area (Å²) < 4.78 is 0.922. The minimum absolute atomic E-state index is 0.0523. The van der Waals surface area contributed by atoms with Crippen molar-refractivity contribution in [2.24, 2.45) is 0 Å². The van der Waals surface area contributed by atoms with Crippen LogP contribution in [0.2, 0.25) is 0 Å². The first-order chi connectivity index (χ1) is 6.68. The molecule has 0 aromatic heterocycles. The number of para-hydroxylation sites is 1. The predicted molar refractivity (Wildman–Crippen MR) is 64.1 cm³/mol. The van der Waals surface area contributed by atoms with Crippen LogP contribution in [0.15, 0.2) is 18.2 Å². The number of carbonyl (C=O) groups excluding carboxylic acids is 1. The second kappa shape index (κ2) is 3.76. The maximum absolute atomic E-state index is 11.7. The quantitative estimate of drug-likeness (QED) is 0.646. The molecule has 3 nitrogen and oxygen atoms in total. The number of amides is 1. The van der Waals surface area contributed by atoms with Gasteiger partial charge in [0.2, 0.25) is 0 Å². The summed E-state index contributed by atoms with van der Waals surface area (Å²) >= 11 is 2.13. The van der Waals surface area contributed by atoms with E-state index in [0.717, 1.165) is 16.4 Å². The maximum Gasteiger partial charge on any atom is 0.253 e. The molecule has 1 aliphatic rings. The highest BCUT2D eigenvalue weighted by atomic mass is 127. The van der Waals surface area contributed by atoms with E-state index in [1.165, 1.54) is 0 Å². The van der Waals surface area contributed by atoms with Crippen LogP contribution in [-0.2, 0) is 0 Å². The van der Waals surface area contributed by atoms with Crippen molar-refractivity contribution in [3.63, 3.8) is 0 Å². The van der Waals surface area contributed by atoms with Crippen molar-refractivity contribution in [1.82, 2.24) is 5.32 Å². The highest BCUT2D eigenvalue weighted by Crippen LogP contribution is 2.22. The van der Waals surface area contributed by atoms with Gasteiger partial charge in [0.25, 0.3) is 5.91 Å². The van der Waals surface area contributed by atoms with Gasteiger partial charge >= 0.3 is 0 Å². The molecular formula is C10H11IN2O. The van der Waals surface area contributed by atoms with Crippen LogP contribution in [-0.4, -0.2) is 11.9 Å². The van der Waals surface area contributed by atoms with Gasteiger partial charge in [0.1, 0.15) is 0 Å². The molecular weight excluding hydrogens is 291 g/mol. The van der Waals surface area contributed by atoms with Crippen molar-refractivity contribution in [2.45, 2.75) is 18.9 Å². The van der Waals surface area contributed by atoms with Gasteiger partial charge in [0.05, 0.1) is 11.3 Å². The highest BCUT2D eigenvalue weighted by molar-refractivity contribution is 14.1. The third-order valence-electron chi connectivity index (χ3n) is 2.21. The summed E-state index contributed by atoms with van der Waals surface area (Å²) in [4.78, 5) is 11.7. The van der Waals surface area contributed by atoms with Crippen molar-refractivity contribution >= 4 is 34.2 Å². The molecule has 0 unspecified atom stereocenters. The largest absolute Gasteiger partial charge is 0.397 e. The fraction of sp³-hybridized carbons (Fsp3) is 0.300. The molecule has 1 aromatic carbocycles. The van der Waals surface area contributed by atoms with Crippen molar-refractivity contribution in [3.8, 4) is 0 Å². The van der Waals surface area contributed by atoms with Crippen molar-refractivity contribution in [3.05, 3.63) is 27.3 Å². The predicted octanol–water partition coefficient (Wildman–Crippen LogP) is 1.77. The molecule has 0 saturated heterocycles. The Labute approximate surface area is 96.2 Å². The van der Waals surface area contributed by atoms with Crippen LogP contribution in [0.1, 0.15) is 23.2 Å². The van der Waals surface area contributed by atoms with Crippen LogP contribution in [0.3, 0.4) is 0 Å². The summed E-state index contributed by atoms with van der Waals surface area (Å²) in [5.74, 6) is -0.0523. The van der Waals surface area contributed by atoms with E-state index in [0.29, 0.717) is 17.3 Å². The zero-order valence-corrected chi connectivity index (χ0v) is 9.74. The molecule has 1 fully saturated rings. The molecule has 0 spiro atoms. The van der Waals surface area contributed by atoms with Crippen molar-refractivity contribution in [2.75, 3.05) is 5.73 Å². The Morgan fingerprint density at radius 3 is 2.86 bits per heavy atom. The molecule has 0 bridgehead atoms. The molecule has 0 aliphatic heterocycles. The zero-order chi connectivity index (χ0) is 10.1. The van der Waals surface area contributed by atoms with E-state index < -0.39 is 0 Å². The second-order valence-electron chi connectivity index (χ2n) is 3.45. The first kappa shape index (κ1) is 9.76. The van der Waals surface area contributed by atoms with E-state index in [2.05, 4.69) is 27.9 Å². The second-order valence-corrected chi connectivity index (χ2v) is 4.61. The van der Waals surface area contributed by atoms with Crippen LogP contribution < -0.4 is 11.1 Å². The van der Waals surface area contributed by atoms with Gasteiger partial charge in [-0.2, -0.15) is 0 Å². The lowest BCUT2D eigenvalue weighted by Crippen LogP contribution is -2.26. The third kappa shape index (κ3) is 2.00. The first-order valence-corrected chi connectivity index (χ1v) is 5.61. The zero-order valence-electron chi connectivity index (χ0n) is 7.59. The molecule has 2 rings (SSSR count). The van der Waals surface area contributed by atoms with Gasteiger partial charge in [-0.05, 0) is 47.6 Å². The van der Waals surface area contributed by atoms with Gasteiger partial charge in [-0.1, -0.05) is 6.07 Å². The van der Waals surface area contributed by atoms with E-state index in [1.54, 1.807) is 6.07 Å². The minimum atomic E-state index is -0.0523. The van der Waals surface area contributed by atoms with E-state index in [9.17, 15) is 4.79 Å². The van der Waals surface area contributed by atoms with Gasteiger partial charge in [-0.25, -0.2) is 0 Å². The Kier molecular flexibility index (Phi) is 2.62. The molecule has 0 heterocycles. The smallest absolute Gasteiger partial charge is 0.253 e. The first-order valence-electron chi connectivity index (χ1n) is 4.53. The Morgan fingerprint density at radius 2 is 2.21 bits per heavy atom. The number of rotatable bonds is 2. The van der Waals surface area contributed by atoms with Crippen molar-refractivity contribution < 1.29 is 4.79 Å². The maximum atomic E-state index is 11.7. The lowest BCUT2D eigenvalue weighted by Gasteiger charge is -2.07. The summed E-state index contributed by atoms with van der Waals surface area (Å²) in [7, 11) is 0. The average molecular weight is 302 g/mol. The summed E-state index contributed by atoms with van der Waals surface area (Å²) in [6.07, 6.45) is 2.19. The molecule has 1 saturated carbocycles. The standard InChI is InChI=1S/C10H11IN2O/c11-8-3-1-2-7(9(8)12)10(14)13-6-4-5-6/h1-3,6H,4-5,12H2,(H,13,14). The van der Waals surface area contributed by atoms with Crippen LogP contribution in [0.5, 0.6) is 0 Å². The Morgan fingerprint density at radius 1 is 1.50 bits per heavy atom. The molecule has 14 heavy (non-hydrogen) atoms. The van der Waals surface area contributed by atoms with Crippen LogP contribution >= 0.6 is 22.6 Å². The number of halogens is 1. The lowest BCUT2D eigenvalue weighted by atomic mass is 10.1. The fourth-order valence-electron chi connectivity index (χ4n) is 1.23. The summed E-state index contributed by atoms with van der Waals surface area (Å²) in [5, 5.41) is 2.92. The fourth-order valence-corrected chi connectivity index (χ4v) is 1.72. The van der Waals surface area contributed by atoms with Gasteiger partial charge in [-0.3, -0.25) is 4.79 Å². The number of nitrogens with one attached hydrogen (secondary N) is 1. The lowest BCUT2D eigenvalue weighted by molar-refractivity contribution is 0.0952. The molecule has 1 amide bonds. The Balaban J connectivity index is 2.21. The van der Waals surface area contributed by atoms with E-state index in [4.69, 9.17) is 5.73 Å². The number of hydrogen-bond acceptors (Lipinski definition) is 2. The molecule has 0 radical (unpaired) electrons. The summed E-state index contributed by atoms with van der Waals surface area (Å²) in [6.45, 7) is 0. The normalized spacial score (nSPS) is 15.2. The molecule has 74 valence electrons. The molecule has 3 N–H and O–H groups in total. The number of benzene rings is 1. The van der Waals surface area contributed by atoms with Gasteiger partial charge in [0.15, 0.2) is 0 Å². The van der Waals surface area contributed by atoms with E-state index in [-0.39, 0.29) is 5.91 Å². The molecule has 0 atom stereocenters. The number of nitrogens with two attached hydrogens (primary N) is 1. The Hall–Kier alpha value is -0.780. The number of carbonyl (C=O) groups is 1. The van der Waals surface area contributed by atoms with E-state index >= 15 is 0 Å².